The first-order valence-electron chi connectivity index (χ1n) is 4.94. The average molecular weight is 235 g/mol. The number of hydrogen-bond donors (Lipinski definition) is 4. The molecular weight excluding hydrogens is 214 g/mol. The molecule has 0 radical (unpaired) electrons. The van der Waals surface area contributed by atoms with Crippen molar-refractivity contribution in [1.29, 1.82) is 9.56 Å². The zero-order chi connectivity index (χ0) is 12.2. The van der Waals surface area contributed by atoms with Crippen molar-refractivity contribution in [2.45, 2.75) is 32.6 Å². The monoisotopic (exact) mass is 235 g/mol. The van der Waals surface area contributed by atoms with E-state index in [1.165, 1.54) is 0 Å². The lowest BCUT2D eigenvalue weighted by atomic mass is 9.99. The molecule has 0 fully saturated rings. The highest BCUT2D eigenvalue weighted by Crippen LogP contribution is 2.16. The molecule has 0 rings (SSSR count). The molecule has 0 aliphatic carbocycles. The highest BCUT2D eigenvalue weighted by molar-refractivity contribution is 7.93. The maximum Gasteiger partial charge on any atom is 0.307 e. The van der Waals surface area contributed by atoms with Crippen molar-refractivity contribution < 1.29 is 9.90 Å². The number of hydrogen-bond acceptors (Lipinski definition) is 4. The first-order chi connectivity index (χ1) is 6.66. The van der Waals surface area contributed by atoms with E-state index in [9.17, 15) is 4.79 Å². The van der Waals surface area contributed by atoms with Gasteiger partial charge in [0.25, 0.3) is 0 Å². The number of carboxylic acids is 1. The van der Waals surface area contributed by atoms with Gasteiger partial charge in [0, 0.05) is 5.75 Å². The third-order valence-corrected chi connectivity index (χ3v) is 4.40. The van der Waals surface area contributed by atoms with Gasteiger partial charge < -0.3 is 10.8 Å². The predicted molar refractivity (Wildman–Crippen MR) is 61.9 cm³/mol. The fourth-order valence-electron chi connectivity index (χ4n) is 1.28. The number of rotatable bonds is 6. The SMILES string of the molecule is CC(C)CC(CS(=N)(=N)C(C)N)C(=O)O. The first kappa shape index (κ1) is 14.4. The minimum absolute atomic E-state index is 0.0676. The van der Waals surface area contributed by atoms with Crippen LogP contribution < -0.4 is 5.73 Å². The van der Waals surface area contributed by atoms with Gasteiger partial charge in [-0.1, -0.05) is 13.8 Å². The number of nitrogens with two attached hydrogens (primary N) is 1. The molecule has 0 heterocycles. The smallest absolute Gasteiger partial charge is 0.307 e. The number of carboxylic acid groups (broad SMARTS) is 1. The van der Waals surface area contributed by atoms with E-state index >= 15 is 0 Å². The van der Waals surface area contributed by atoms with Crippen molar-refractivity contribution >= 4 is 15.6 Å². The summed E-state index contributed by atoms with van der Waals surface area (Å²) in [6.45, 7) is 5.48. The molecule has 2 unspecified atom stereocenters. The molecule has 0 aromatic heterocycles. The number of carbonyl (C=O) groups is 1. The molecule has 0 aromatic carbocycles. The summed E-state index contributed by atoms with van der Waals surface area (Å²) in [5.74, 6) is -1.20. The van der Waals surface area contributed by atoms with Gasteiger partial charge in [-0.05, 0) is 28.9 Å². The van der Waals surface area contributed by atoms with E-state index in [0.717, 1.165) is 0 Å². The Morgan fingerprint density at radius 3 is 2.13 bits per heavy atom. The fourth-order valence-corrected chi connectivity index (χ4v) is 2.50. The molecule has 0 saturated carbocycles. The summed E-state index contributed by atoms with van der Waals surface area (Å²) >= 11 is 0. The van der Waals surface area contributed by atoms with Crippen LogP contribution in [0.5, 0.6) is 0 Å². The standard InChI is InChI=1S/C9H21N3O2S/c1-6(2)4-8(9(13)14)5-15(11,12)7(3)10/h6-8,11-12H,4-5,10H2,1-3H3,(H,13,14). The van der Waals surface area contributed by atoms with E-state index in [0.29, 0.717) is 6.42 Å². The van der Waals surface area contributed by atoms with Gasteiger partial charge in [0.2, 0.25) is 0 Å². The highest BCUT2D eigenvalue weighted by Gasteiger charge is 2.23. The van der Waals surface area contributed by atoms with Gasteiger partial charge in [-0.25, -0.2) is 0 Å². The van der Waals surface area contributed by atoms with Crippen molar-refractivity contribution in [3.8, 4) is 0 Å². The van der Waals surface area contributed by atoms with Crippen molar-refractivity contribution in [3.05, 3.63) is 0 Å². The average Bonchev–Trinajstić information content (AvgIpc) is 2.01. The van der Waals surface area contributed by atoms with Crippen molar-refractivity contribution in [1.82, 2.24) is 0 Å². The lowest BCUT2D eigenvalue weighted by molar-refractivity contribution is -0.141. The summed E-state index contributed by atoms with van der Waals surface area (Å²) in [6.07, 6.45) is 0.508. The summed E-state index contributed by atoms with van der Waals surface area (Å²) in [5, 5.41) is 8.41. The zero-order valence-electron chi connectivity index (χ0n) is 9.49. The number of aliphatic carboxylic acids is 1. The Hall–Kier alpha value is -0.620. The molecule has 5 N–H and O–H groups in total. The minimum Gasteiger partial charge on any atom is -0.481 e. The molecule has 2 atom stereocenters. The van der Waals surface area contributed by atoms with Crippen molar-refractivity contribution in [3.63, 3.8) is 0 Å². The summed E-state index contributed by atoms with van der Waals surface area (Å²) in [5.41, 5.74) is 5.52. The van der Waals surface area contributed by atoms with Crippen LogP contribution in [0.4, 0.5) is 0 Å². The molecule has 0 saturated heterocycles. The van der Waals surface area contributed by atoms with Crippen LogP contribution in [-0.4, -0.2) is 22.2 Å². The molecule has 15 heavy (non-hydrogen) atoms. The van der Waals surface area contributed by atoms with Gasteiger partial charge in [-0.3, -0.25) is 14.4 Å². The second kappa shape index (κ2) is 5.46. The zero-order valence-corrected chi connectivity index (χ0v) is 10.3. The maximum atomic E-state index is 10.9. The Balaban J connectivity index is 4.63. The van der Waals surface area contributed by atoms with Crippen molar-refractivity contribution in [2.75, 3.05) is 5.75 Å². The third-order valence-electron chi connectivity index (χ3n) is 2.20. The largest absolute Gasteiger partial charge is 0.481 e. The van der Waals surface area contributed by atoms with E-state index < -0.39 is 26.9 Å². The predicted octanol–water partition coefficient (Wildman–Crippen LogP) is 1.72. The Morgan fingerprint density at radius 2 is 1.87 bits per heavy atom. The van der Waals surface area contributed by atoms with Crippen LogP contribution in [0, 0.1) is 21.4 Å². The summed E-state index contributed by atoms with van der Waals surface area (Å²) in [7, 11) is -2.49. The van der Waals surface area contributed by atoms with E-state index in [1.807, 2.05) is 13.8 Å². The quantitative estimate of drug-likeness (QED) is 0.562. The van der Waals surface area contributed by atoms with Crippen LogP contribution in [0.15, 0.2) is 0 Å². The van der Waals surface area contributed by atoms with Gasteiger partial charge in [0.1, 0.15) is 0 Å². The second-order valence-electron chi connectivity index (χ2n) is 4.33. The van der Waals surface area contributed by atoms with E-state index in [1.54, 1.807) is 6.92 Å². The molecule has 90 valence electrons. The Kier molecular flexibility index (Phi) is 5.23. The lowest BCUT2D eigenvalue weighted by Gasteiger charge is -2.20. The fraction of sp³-hybridized carbons (Fsp3) is 0.889. The Labute approximate surface area is 91.5 Å². The molecule has 0 spiro atoms. The van der Waals surface area contributed by atoms with E-state index in [2.05, 4.69) is 0 Å². The number of nitrogens with one attached hydrogen (secondary N) is 2. The molecule has 0 bridgehead atoms. The van der Waals surface area contributed by atoms with Crippen LogP contribution in [0.1, 0.15) is 27.2 Å². The molecule has 0 aliphatic heterocycles. The van der Waals surface area contributed by atoms with Gasteiger partial charge in [0.05, 0.1) is 11.3 Å². The van der Waals surface area contributed by atoms with Gasteiger partial charge in [0.15, 0.2) is 0 Å². The minimum atomic E-state index is -2.49. The molecular formula is C9H21N3O2S. The Morgan fingerprint density at radius 1 is 1.40 bits per heavy atom. The third kappa shape index (κ3) is 5.13. The highest BCUT2D eigenvalue weighted by atomic mass is 32.2. The second-order valence-corrected chi connectivity index (χ2v) is 6.99. The molecule has 0 aromatic rings. The summed E-state index contributed by atoms with van der Waals surface area (Å²) in [6, 6.07) is 0. The summed E-state index contributed by atoms with van der Waals surface area (Å²) in [4.78, 5) is 10.9. The van der Waals surface area contributed by atoms with Crippen LogP contribution in [0.3, 0.4) is 0 Å². The maximum absolute atomic E-state index is 10.9. The molecule has 6 heteroatoms. The van der Waals surface area contributed by atoms with E-state index in [4.69, 9.17) is 20.4 Å². The van der Waals surface area contributed by atoms with Crippen LogP contribution in [0.2, 0.25) is 0 Å². The molecule has 0 amide bonds. The topological polar surface area (TPSA) is 111 Å². The normalized spacial score (nSPS) is 16.3. The molecule has 0 aliphatic rings. The van der Waals surface area contributed by atoms with Crippen LogP contribution >= 0.6 is 0 Å². The van der Waals surface area contributed by atoms with Crippen molar-refractivity contribution in [2.24, 2.45) is 17.6 Å². The lowest BCUT2D eigenvalue weighted by Crippen LogP contribution is -2.33. The van der Waals surface area contributed by atoms with Gasteiger partial charge in [-0.15, -0.1) is 0 Å². The van der Waals surface area contributed by atoms with Gasteiger partial charge >= 0.3 is 5.97 Å². The molecule has 5 nitrogen and oxygen atoms in total. The van der Waals surface area contributed by atoms with Crippen LogP contribution in [-0.2, 0) is 14.4 Å². The summed E-state index contributed by atoms with van der Waals surface area (Å²) < 4.78 is 15.4. The van der Waals surface area contributed by atoms with E-state index in [-0.39, 0.29) is 11.7 Å². The van der Waals surface area contributed by atoms with Crippen LogP contribution in [0.25, 0.3) is 0 Å². The first-order valence-corrected chi connectivity index (χ1v) is 6.80. The van der Waals surface area contributed by atoms with Gasteiger partial charge in [-0.2, -0.15) is 0 Å². The Bertz CT molecular complexity index is 309.